The van der Waals surface area contributed by atoms with Gasteiger partial charge in [0.25, 0.3) is 0 Å². The summed E-state index contributed by atoms with van der Waals surface area (Å²) in [6.07, 6.45) is 0.135. The minimum Gasteiger partial charge on any atom is -0.376 e. The van der Waals surface area contributed by atoms with Crippen LogP contribution in [0.25, 0.3) is 0 Å². The molecule has 1 fully saturated rings. The van der Waals surface area contributed by atoms with Crippen molar-refractivity contribution in [2.45, 2.75) is 39.3 Å². The van der Waals surface area contributed by atoms with Crippen LogP contribution in [0.1, 0.15) is 26.3 Å². The lowest BCUT2D eigenvalue weighted by Gasteiger charge is -2.21. The van der Waals surface area contributed by atoms with Crippen molar-refractivity contribution in [3.63, 3.8) is 0 Å². The third kappa shape index (κ3) is 3.80. The molecule has 0 aliphatic carbocycles. The molecule has 2 atom stereocenters. The van der Waals surface area contributed by atoms with Crippen molar-refractivity contribution in [2.75, 3.05) is 13.2 Å². The number of hydrogen-bond acceptors (Lipinski definition) is 3. The van der Waals surface area contributed by atoms with Crippen molar-refractivity contribution in [3.05, 3.63) is 35.9 Å². The highest BCUT2D eigenvalue weighted by atomic mass is 16.7. The van der Waals surface area contributed by atoms with Crippen LogP contribution >= 0.6 is 0 Å². The van der Waals surface area contributed by atoms with Crippen molar-refractivity contribution >= 4 is 0 Å². The molecule has 1 aliphatic rings. The second kappa shape index (κ2) is 5.83. The second-order valence-electron chi connectivity index (χ2n) is 5.35. The minimum atomic E-state index is -0.446. The minimum absolute atomic E-state index is 0.135. The van der Waals surface area contributed by atoms with E-state index in [0.29, 0.717) is 25.7 Å². The Hall–Kier alpha value is -0.900. The summed E-state index contributed by atoms with van der Waals surface area (Å²) in [4.78, 5) is 0. The zero-order chi connectivity index (χ0) is 13.0. The Morgan fingerprint density at radius 3 is 2.67 bits per heavy atom. The molecule has 1 saturated heterocycles. The van der Waals surface area contributed by atoms with Gasteiger partial charge < -0.3 is 14.2 Å². The van der Waals surface area contributed by atoms with Gasteiger partial charge in [-0.3, -0.25) is 0 Å². The van der Waals surface area contributed by atoms with Crippen LogP contribution < -0.4 is 0 Å². The SMILES string of the molecule is C[C@H](COCc1ccccc1)[C@H]1COC(C)(C)O1. The molecule has 18 heavy (non-hydrogen) atoms. The molecule has 0 saturated carbocycles. The maximum atomic E-state index is 5.81. The van der Waals surface area contributed by atoms with Gasteiger partial charge in [0.05, 0.1) is 25.9 Å². The first-order chi connectivity index (χ1) is 8.57. The number of hydrogen-bond donors (Lipinski definition) is 0. The van der Waals surface area contributed by atoms with Crippen LogP contribution in [0.5, 0.6) is 0 Å². The molecule has 1 aliphatic heterocycles. The van der Waals surface area contributed by atoms with E-state index in [1.807, 2.05) is 32.0 Å². The van der Waals surface area contributed by atoms with E-state index in [2.05, 4.69) is 19.1 Å². The first-order valence-electron chi connectivity index (χ1n) is 6.50. The average Bonchev–Trinajstić information content (AvgIpc) is 2.71. The summed E-state index contributed by atoms with van der Waals surface area (Å²) >= 11 is 0. The first kappa shape index (κ1) is 13.5. The van der Waals surface area contributed by atoms with Gasteiger partial charge in [-0.2, -0.15) is 0 Å². The summed E-state index contributed by atoms with van der Waals surface area (Å²) in [6, 6.07) is 10.2. The molecule has 1 heterocycles. The van der Waals surface area contributed by atoms with E-state index >= 15 is 0 Å². The third-order valence-electron chi connectivity index (χ3n) is 3.16. The molecule has 0 bridgehead atoms. The van der Waals surface area contributed by atoms with Crippen LogP contribution in [0.4, 0.5) is 0 Å². The molecule has 2 rings (SSSR count). The van der Waals surface area contributed by atoms with Crippen LogP contribution in [0.15, 0.2) is 30.3 Å². The monoisotopic (exact) mass is 250 g/mol. The predicted octanol–water partition coefficient (Wildman–Crippen LogP) is 2.99. The molecule has 3 heteroatoms. The maximum Gasteiger partial charge on any atom is 0.163 e. The lowest BCUT2D eigenvalue weighted by molar-refractivity contribution is -0.146. The summed E-state index contributed by atoms with van der Waals surface area (Å²) in [6.45, 7) is 8.04. The number of ether oxygens (including phenoxy) is 3. The first-order valence-corrected chi connectivity index (χ1v) is 6.50. The summed E-state index contributed by atoms with van der Waals surface area (Å²) in [5.74, 6) is -0.103. The lowest BCUT2D eigenvalue weighted by Crippen LogP contribution is -2.27. The quantitative estimate of drug-likeness (QED) is 0.804. The van der Waals surface area contributed by atoms with E-state index in [0.717, 1.165) is 0 Å². The van der Waals surface area contributed by atoms with Gasteiger partial charge in [-0.1, -0.05) is 37.3 Å². The summed E-state index contributed by atoms with van der Waals surface area (Å²) in [5.41, 5.74) is 1.20. The van der Waals surface area contributed by atoms with Crippen LogP contribution in [-0.2, 0) is 20.8 Å². The molecule has 0 spiro atoms. The Kier molecular flexibility index (Phi) is 4.38. The molecule has 0 amide bonds. The van der Waals surface area contributed by atoms with Crippen molar-refractivity contribution in [3.8, 4) is 0 Å². The van der Waals surface area contributed by atoms with E-state index in [4.69, 9.17) is 14.2 Å². The number of rotatable bonds is 5. The van der Waals surface area contributed by atoms with Gasteiger partial charge in [-0.25, -0.2) is 0 Å². The predicted molar refractivity (Wildman–Crippen MR) is 70.2 cm³/mol. The molecule has 0 aromatic heterocycles. The molecule has 0 radical (unpaired) electrons. The largest absolute Gasteiger partial charge is 0.376 e. The molecular formula is C15H22O3. The highest BCUT2D eigenvalue weighted by molar-refractivity contribution is 5.13. The van der Waals surface area contributed by atoms with Gasteiger partial charge in [-0.05, 0) is 19.4 Å². The van der Waals surface area contributed by atoms with E-state index in [1.165, 1.54) is 5.56 Å². The molecule has 0 N–H and O–H groups in total. The van der Waals surface area contributed by atoms with Gasteiger partial charge in [0, 0.05) is 5.92 Å². The van der Waals surface area contributed by atoms with E-state index in [9.17, 15) is 0 Å². The van der Waals surface area contributed by atoms with E-state index < -0.39 is 5.79 Å². The van der Waals surface area contributed by atoms with Crippen molar-refractivity contribution in [1.82, 2.24) is 0 Å². The van der Waals surface area contributed by atoms with Crippen LogP contribution in [0.3, 0.4) is 0 Å². The van der Waals surface area contributed by atoms with Crippen LogP contribution in [0.2, 0.25) is 0 Å². The van der Waals surface area contributed by atoms with Crippen LogP contribution in [-0.4, -0.2) is 25.1 Å². The van der Waals surface area contributed by atoms with E-state index in [1.54, 1.807) is 0 Å². The third-order valence-corrected chi connectivity index (χ3v) is 3.16. The fourth-order valence-electron chi connectivity index (χ4n) is 2.04. The Balaban J connectivity index is 1.71. The Morgan fingerprint density at radius 1 is 1.33 bits per heavy atom. The van der Waals surface area contributed by atoms with Gasteiger partial charge in [-0.15, -0.1) is 0 Å². The fourth-order valence-corrected chi connectivity index (χ4v) is 2.04. The Labute approximate surface area is 109 Å². The van der Waals surface area contributed by atoms with Gasteiger partial charge >= 0.3 is 0 Å². The van der Waals surface area contributed by atoms with E-state index in [-0.39, 0.29) is 6.10 Å². The highest BCUT2D eigenvalue weighted by Gasteiger charge is 2.35. The summed E-state index contributed by atoms with van der Waals surface area (Å²) < 4.78 is 17.1. The molecular weight excluding hydrogens is 228 g/mol. The second-order valence-corrected chi connectivity index (χ2v) is 5.35. The topological polar surface area (TPSA) is 27.7 Å². The smallest absolute Gasteiger partial charge is 0.163 e. The van der Waals surface area contributed by atoms with Gasteiger partial charge in [0.1, 0.15) is 0 Å². The van der Waals surface area contributed by atoms with Crippen molar-refractivity contribution in [2.24, 2.45) is 5.92 Å². The summed E-state index contributed by atoms with van der Waals surface area (Å²) in [7, 11) is 0. The maximum absolute atomic E-state index is 5.81. The average molecular weight is 250 g/mol. The Bertz CT molecular complexity index is 361. The summed E-state index contributed by atoms with van der Waals surface area (Å²) in [5, 5.41) is 0. The van der Waals surface area contributed by atoms with Crippen LogP contribution in [0, 0.1) is 5.92 Å². The molecule has 1 aromatic rings. The van der Waals surface area contributed by atoms with Gasteiger partial charge in [0.15, 0.2) is 5.79 Å². The molecule has 100 valence electrons. The zero-order valence-electron chi connectivity index (χ0n) is 11.4. The zero-order valence-corrected chi connectivity index (χ0v) is 11.4. The lowest BCUT2D eigenvalue weighted by atomic mass is 10.1. The normalized spacial score (nSPS) is 24.1. The Morgan fingerprint density at radius 2 is 2.06 bits per heavy atom. The molecule has 3 nitrogen and oxygen atoms in total. The van der Waals surface area contributed by atoms with Crippen molar-refractivity contribution < 1.29 is 14.2 Å². The van der Waals surface area contributed by atoms with Crippen molar-refractivity contribution in [1.29, 1.82) is 0 Å². The standard InChI is InChI=1S/C15H22O3/c1-12(14-11-17-15(2,3)18-14)9-16-10-13-7-5-4-6-8-13/h4-8,12,14H,9-11H2,1-3H3/t12-,14-/m1/s1. The molecule has 0 unspecified atom stereocenters. The van der Waals surface area contributed by atoms with Gasteiger partial charge in [0.2, 0.25) is 0 Å². The highest BCUT2D eigenvalue weighted by Crippen LogP contribution is 2.26. The number of benzene rings is 1. The fraction of sp³-hybridized carbons (Fsp3) is 0.600. The molecule has 1 aromatic carbocycles.